The van der Waals surface area contributed by atoms with E-state index >= 15 is 0 Å². The van der Waals surface area contributed by atoms with Crippen LogP contribution in [0.3, 0.4) is 0 Å². The Morgan fingerprint density at radius 1 is 1.17 bits per heavy atom. The van der Waals surface area contributed by atoms with E-state index < -0.39 is 20.8 Å². The Labute approximate surface area is 141 Å². The Morgan fingerprint density at radius 3 is 2.26 bits per heavy atom. The topological polar surface area (TPSA) is 71.4 Å². The van der Waals surface area contributed by atoms with Crippen molar-refractivity contribution in [2.75, 3.05) is 0 Å². The predicted molar refractivity (Wildman–Crippen MR) is 91.9 cm³/mol. The van der Waals surface area contributed by atoms with Gasteiger partial charge >= 0.3 is 0 Å². The minimum absolute atomic E-state index is 0.0624. The Balaban J connectivity index is 2.12. The van der Waals surface area contributed by atoms with E-state index in [-0.39, 0.29) is 17.1 Å². The SMILES string of the molecule is CCCCCCCCC(C12CCC(CC1=O)C2(C)C)S(=O)(=O)O. The number of hydrogen-bond donors (Lipinski definition) is 1. The second kappa shape index (κ2) is 6.83. The highest BCUT2D eigenvalue weighted by atomic mass is 32.2. The number of rotatable bonds is 9. The number of Topliss-reactive ketones (excluding diaryl/α,β-unsaturated/α-hetero) is 1. The number of ketones is 1. The van der Waals surface area contributed by atoms with E-state index in [9.17, 15) is 17.8 Å². The van der Waals surface area contributed by atoms with Gasteiger partial charge in [0.2, 0.25) is 0 Å². The van der Waals surface area contributed by atoms with Crippen molar-refractivity contribution in [3.63, 3.8) is 0 Å². The third kappa shape index (κ3) is 3.23. The molecule has 5 heteroatoms. The van der Waals surface area contributed by atoms with E-state index in [0.29, 0.717) is 19.3 Å². The summed E-state index contributed by atoms with van der Waals surface area (Å²) in [5.41, 5.74) is -1.19. The predicted octanol–water partition coefficient (Wildman–Crippen LogP) is 4.39. The van der Waals surface area contributed by atoms with Gasteiger partial charge in [0.05, 0.1) is 10.7 Å². The first-order valence-corrected chi connectivity index (χ1v) is 10.7. The molecule has 23 heavy (non-hydrogen) atoms. The lowest BCUT2D eigenvalue weighted by Gasteiger charge is -2.41. The Bertz CT molecular complexity index is 537. The fraction of sp³-hybridized carbons (Fsp3) is 0.944. The first-order chi connectivity index (χ1) is 10.7. The van der Waals surface area contributed by atoms with Gasteiger partial charge in [0.1, 0.15) is 5.78 Å². The van der Waals surface area contributed by atoms with Gasteiger partial charge < -0.3 is 0 Å². The maximum atomic E-state index is 12.7. The van der Waals surface area contributed by atoms with E-state index in [1.54, 1.807) is 0 Å². The summed E-state index contributed by atoms with van der Waals surface area (Å²) in [5, 5.41) is -0.920. The summed E-state index contributed by atoms with van der Waals surface area (Å²) in [6.07, 6.45) is 8.81. The summed E-state index contributed by atoms with van der Waals surface area (Å²) in [7, 11) is -4.21. The monoisotopic (exact) mass is 344 g/mol. The van der Waals surface area contributed by atoms with Crippen LogP contribution in [0.4, 0.5) is 0 Å². The van der Waals surface area contributed by atoms with E-state index in [1.807, 2.05) is 13.8 Å². The maximum Gasteiger partial charge on any atom is 0.268 e. The summed E-state index contributed by atoms with van der Waals surface area (Å²) in [6, 6.07) is 0. The second-order valence-corrected chi connectivity index (χ2v) is 9.71. The Morgan fingerprint density at radius 2 is 1.78 bits per heavy atom. The van der Waals surface area contributed by atoms with Crippen molar-refractivity contribution in [2.45, 2.75) is 90.2 Å². The fourth-order valence-electron chi connectivity index (χ4n) is 5.23. The molecule has 2 rings (SSSR count). The lowest BCUT2D eigenvalue weighted by Crippen LogP contribution is -2.49. The number of carbonyl (C=O) groups excluding carboxylic acids is 1. The second-order valence-electron chi connectivity index (χ2n) is 8.12. The largest absolute Gasteiger partial charge is 0.299 e. The molecule has 0 aliphatic heterocycles. The van der Waals surface area contributed by atoms with Crippen LogP contribution in [0.1, 0.15) is 85.0 Å². The lowest BCUT2D eigenvalue weighted by atomic mass is 9.65. The van der Waals surface area contributed by atoms with Crippen LogP contribution in [-0.2, 0) is 14.9 Å². The van der Waals surface area contributed by atoms with E-state index in [1.165, 1.54) is 19.3 Å². The molecule has 3 atom stereocenters. The molecule has 0 aromatic rings. The molecule has 2 aliphatic rings. The van der Waals surface area contributed by atoms with Gasteiger partial charge in [-0.2, -0.15) is 8.42 Å². The molecule has 3 unspecified atom stereocenters. The molecule has 0 aromatic heterocycles. The molecule has 0 heterocycles. The van der Waals surface area contributed by atoms with Crippen LogP contribution >= 0.6 is 0 Å². The molecular formula is C18H32O4S. The molecule has 2 saturated carbocycles. The molecule has 0 radical (unpaired) electrons. The maximum absolute atomic E-state index is 12.7. The molecule has 0 spiro atoms. The molecule has 134 valence electrons. The summed E-state index contributed by atoms with van der Waals surface area (Å²) in [4.78, 5) is 12.7. The van der Waals surface area contributed by atoms with Gasteiger partial charge in [-0.25, -0.2) is 0 Å². The van der Waals surface area contributed by atoms with E-state index in [0.717, 1.165) is 25.7 Å². The van der Waals surface area contributed by atoms with Gasteiger partial charge in [-0.3, -0.25) is 9.35 Å². The van der Waals surface area contributed by atoms with Crippen LogP contribution in [0.15, 0.2) is 0 Å². The Hall–Kier alpha value is -0.420. The van der Waals surface area contributed by atoms with Crippen molar-refractivity contribution in [3.8, 4) is 0 Å². The molecule has 4 nitrogen and oxygen atoms in total. The summed E-state index contributed by atoms with van der Waals surface area (Å²) < 4.78 is 34.1. The van der Waals surface area contributed by atoms with Crippen LogP contribution in [0.5, 0.6) is 0 Å². The summed E-state index contributed by atoms with van der Waals surface area (Å²) in [5.74, 6) is 0.330. The zero-order chi connectivity index (χ0) is 17.3. The zero-order valence-corrected chi connectivity index (χ0v) is 15.6. The van der Waals surface area contributed by atoms with Gasteiger partial charge in [0.15, 0.2) is 0 Å². The normalized spacial score (nSPS) is 30.8. The molecule has 2 aliphatic carbocycles. The zero-order valence-electron chi connectivity index (χ0n) is 14.8. The quantitative estimate of drug-likeness (QED) is 0.497. The van der Waals surface area contributed by atoms with Crippen LogP contribution < -0.4 is 0 Å². The molecule has 0 amide bonds. The molecule has 2 fully saturated rings. The molecule has 1 N–H and O–H groups in total. The van der Waals surface area contributed by atoms with E-state index in [4.69, 9.17) is 0 Å². The van der Waals surface area contributed by atoms with Gasteiger partial charge in [0, 0.05) is 6.42 Å². The first-order valence-electron chi connectivity index (χ1n) is 9.17. The minimum atomic E-state index is -4.21. The third-order valence-corrected chi connectivity index (χ3v) is 8.07. The minimum Gasteiger partial charge on any atom is -0.299 e. The number of carbonyl (C=O) groups is 1. The van der Waals surface area contributed by atoms with Gasteiger partial charge in [-0.05, 0) is 30.6 Å². The lowest BCUT2D eigenvalue weighted by molar-refractivity contribution is -0.129. The van der Waals surface area contributed by atoms with Crippen LogP contribution in [0.25, 0.3) is 0 Å². The summed E-state index contributed by atoms with van der Waals surface area (Å²) >= 11 is 0. The van der Waals surface area contributed by atoms with Crippen molar-refractivity contribution in [3.05, 3.63) is 0 Å². The van der Waals surface area contributed by atoms with Crippen LogP contribution in [-0.4, -0.2) is 24.0 Å². The van der Waals surface area contributed by atoms with Gasteiger partial charge in [0.25, 0.3) is 10.1 Å². The van der Waals surface area contributed by atoms with Crippen LogP contribution in [0.2, 0.25) is 0 Å². The fourth-order valence-corrected chi connectivity index (χ4v) is 6.75. The van der Waals surface area contributed by atoms with Crippen molar-refractivity contribution in [2.24, 2.45) is 16.7 Å². The average Bonchev–Trinajstić information content (AvgIpc) is 2.79. The van der Waals surface area contributed by atoms with Crippen molar-refractivity contribution >= 4 is 15.9 Å². The number of fused-ring (bicyclic) bond motifs is 2. The van der Waals surface area contributed by atoms with Crippen molar-refractivity contribution in [1.29, 1.82) is 0 Å². The highest BCUT2D eigenvalue weighted by Crippen LogP contribution is 2.66. The highest BCUT2D eigenvalue weighted by Gasteiger charge is 2.69. The van der Waals surface area contributed by atoms with Crippen LogP contribution in [0, 0.1) is 16.7 Å². The van der Waals surface area contributed by atoms with Gasteiger partial charge in [-0.15, -0.1) is 0 Å². The highest BCUT2D eigenvalue weighted by molar-refractivity contribution is 7.86. The van der Waals surface area contributed by atoms with Gasteiger partial charge in [-0.1, -0.05) is 59.3 Å². The van der Waals surface area contributed by atoms with E-state index in [2.05, 4.69) is 6.92 Å². The standard InChI is InChI=1S/C18H32O4S/c1-4-5-6-7-8-9-10-16(23(20,21)22)18-12-11-14(13-15(18)19)17(18,2)3/h14,16H,4-13H2,1-3H3,(H,20,21,22). The number of hydrogen-bond acceptors (Lipinski definition) is 3. The van der Waals surface area contributed by atoms with Crippen molar-refractivity contribution < 1.29 is 17.8 Å². The molecule has 2 bridgehead atoms. The molecular weight excluding hydrogens is 312 g/mol. The first kappa shape index (κ1) is 18.9. The number of unbranched alkanes of at least 4 members (excludes halogenated alkanes) is 5. The smallest absolute Gasteiger partial charge is 0.268 e. The van der Waals surface area contributed by atoms with Crippen molar-refractivity contribution in [1.82, 2.24) is 0 Å². The third-order valence-electron chi connectivity index (χ3n) is 6.72. The molecule has 0 aromatic carbocycles. The molecule has 0 saturated heterocycles. The summed E-state index contributed by atoms with van der Waals surface area (Å²) in [6.45, 7) is 6.21. The Kier molecular flexibility index (Phi) is 5.62. The average molecular weight is 345 g/mol.